The molecule has 0 saturated carbocycles. The summed E-state index contributed by atoms with van der Waals surface area (Å²) in [5.41, 5.74) is 3.57. The molecule has 0 aromatic heterocycles. The van der Waals surface area contributed by atoms with Crippen molar-refractivity contribution in [3.8, 4) is 28.7 Å². The van der Waals surface area contributed by atoms with Crippen molar-refractivity contribution in [2.75, 3.05) is 35.0 Å². The molecule has 2 atom stereocenters. The number of hydroxylamine groups is 3. The molecule has 2 aliphatic heterocycles. The first-order chi connectivity index (χ1) is 13.5. The molecule has 1 N–H and O–H groups in total. The van der Waals surface area contributed by atoms with Crippen molar-refractivity contribution in [2.24, 2.45) is 0 Å². The topological polar surface area (TPSA) is 80.2 Å². The summed E-state index contributed by atoms with van der Waals surface area (Å²) >= 11 is 0. The molecule has 28 heavy (non-hydrogen) atoms. The van der Waals surface area contributed by atoms with Crippen molar-refractivity contribution in [3.05, 3.63) is 45.7 Å². The van der Waals surface area contributed by atoms with Crippen molar-refractivity contribution in [1.29, 1.82) is 0 Å². The maximum atomic E-state index is 13.9. The Hall–Kier alpha value is -2.64. The highest BCUT2D eigenvalue weighted by molar-refractivity contribution is 5.60. The minimum absolute atomic E-state index is 0.0706. The molecule has 2 aromatic carbocycles. The number of nitrogens with zero attached hydrogens (tertiary/aromatic N) is 1. The van der Waals surface area contributed by atoms with Crippen LogP contribution in [0.25, 0.3) is 0 Å². The second-order valence-corrected chi connectivity index (χ2v) is 7.27. The molecule has 0 amide bonds. The Balaban J connectivity index is 1.86. The van der Waals surface area contributed by atoms with Gasteiger partial charge in [-0.2, -0.15) is 0 Å². The predicted molar refractivity (Wildman–Crippen MR) is 103 cm³/mol. The number of aromatic hydroxyl groups is 1. The molecule has 2 aromatic rings. The fraction of sp³-hybridized carbons (Fsp3) is 0.429. The van der Waals surface area contributed by atoms with Crippen molar-refractivity contribution in [2.45, 2.75) is 25.4 Å². The number of benzene rings is 2. The summed E-state index contributed by atoms with van der Waals surface area (Å²) in [6.07, 6.45) is 1.03. The van der Waals surface area contributed by atoms with Crippen LogP contribution in [0.2, 0.25) is 0 Å². The van der Waals surface area contributed by atoms with Crippen LogP contribution in [0.4, 0.5) is 0 Å². The molecule has 1 unspecified atom stereocenters. The first kappa shape index (κ1) is 18.7. The molecule has 7 nitrogen and oxygen atoms in total. The first-order valence-corrected chi connectivity index (χ1v) is 9.24. The molecular weight excluding hydrogens is 362 g/mol. The lowest BCUT2D eigenvalue weighted by Crippen LogP contribution is -2.52. The van der Waals surface area contributed by atoms with E-state index in [0.717, 1.165) is 22.3 Å². The van der Waals surface area contributed by atoms with Gasteiger partial charge in [-0.05, 0) is 17.7 Å². The van der Waals surface area contributed by atoms with E-state index in [2.05, 4.69) is 0 Å². The Kier molecular flexibility index (Phi) is 4.51. The highest BCUT2D eigenvalue weighted by Crippen LogP contribution is 2.52. The van der Waals surface area contributed by atoms with E-state index in [1.807, 2.05) is 18.2 Å². The molecule has 0 radical (unpaired) electrons. The van der Waals surface area contributed by atoms with Gasteiger partial charge in [0.15, 0.2) is 23.0 Å². The predicted octanol–water partition coefficient (Wildman–Crippen LogP) is 3.09. The van der Waals surface area contributed by atoms with Gasteiger partial charge in [-0.25, -0.2) is 0 Å². The van der Waals surface area contributed by atoms with Gasteiger partial charge in [-0.1, -0.05) is 6.07 Å². The zero-order valence-electron chi connectivity index (χ0n) is 16.6. The quantitative estimate of drug-likeness (QED) is 0.641. The summed E-state index contributed by atoms with van der Waals surface area (Å²) in [7, 11) is 6.22. The number of rotatable bonds is 4. The van der Waals surface area contributed by atoms with Gasteiger partial charge < -0.3 is 33.9 Å². The van der Waals surface area contributed by atoms with Crippen LogP contribution in [0.5, 0.6) is 28.7 Å². The van der Waals surface area contributed by atoms with Gasteiger partial charge in [-0.15, -0.1) is 0 Å². The van der Waals surface area contributed by atoms with Crippen LogP contribution < -0.4 is 18.9 Å². The number of phenols is 1. The molecule has 150 valence electrons. The van der Waals surface area contributed by atoms with Gasteiger partial charge in [0.25, 0.3) is 0 Å². The third kappa shape index (κ3) is 2.57. The number of phenolic OH excluding ortho intramolecular Hbond substituents is 1. The van der Waals surface area contributed by atoms with Gasteiger partial charge in [0, 0.05) is 24.0 Å². The Labute approximate surface area is 164 Å². The fourth-order valence-electron chi connectivity index (χ4n) is 4.64. The van der Waals surface area contributed by atoms with Crippen LogP contribution in [-0.2, 0) is 19.4 Å². The average molecular weight is 387 g/mol. The fourth-order valence-corrected chi connectivity index (χ4v) is 4.64. The first-order valence-electron chi connectivity index (χ1n) is 9.24. The number of ether oxygens (including phenoxy) is 4. The van der Waals surface area contributed by atoms with Gasteiger partial charge >= 0.3 is 0 Å². The maximum Gasteiger partial charge on any atom is 0.203 e. The Morgan fingerprint density at radius 3 is 2.32 bits per heavy atom. The van der Waals surface area contributed by atoms with Gasteiger partial charge in [0.2, 0.25) is 5.75 Å². The molecular formula is C21H25NO6. The van der Waals surface area contributed by atoms with Crippen LogP contribution in [0.3, 0.4) is 0 Å². The minimum Gasteiger partial charge on any atom is -0.632 e. The largest absolute Gasteiger partial charge is 0.632 e. The zero-order valence-corrected chi connectivity index (χ0v) is 16.6. The third-order valence-corrected chi connectivity index (χ3v) is 6.04. The molecule has 0 aliphatic carbocycles. The zero-order chi connectivity index (χ0) is 20.1. The van der Waals surface area contributed by atoms with Crippen LogP contribution in [0, 0.1) is 5.21 Å². The van der Waals surface area contributed by atoms with Crippen LogP contribution in [0.15, 0.2) is 18.2 Å². The van der Waals surface area contributed by atoms with Crippen LogP contribution in [0.1, 0.15) is 28.3 Å². The SMILES string of the molecule is COc1cc2c(c(O)c1OC)CC[N+]1([O-])Cc3c(ccc(OC)c3OC)C[C@@H]21. The van der Waals surface area contributed by atoms with Gasteiger partial charge in [-0.3, -0.25) is 0 Å². The molecule has 7 heteroatoms. The maximum absolute atomic E-state index is 13.9. The number of quaternary nitrogens is 1. The van der Waals surface area contributed by atoms with Gasteiger partial charge in [0.05, 0.1) is 40.5 Å². The van der Waals surface area contributed by atoms with Crippen LogP contribution >= 0.6 is 0 Å². The molecule has 0 fully saturated rings. The number of hydrogen-bond donors (Lipinski definition) is 1. The molecule has 0 spiro atoms. The summed E-state index contributed by atoms with van der Waals surface area (Å²) in [6, 6.07) is 5.39. The van der Waals surface area contributed by atoms with E-state index >= 15 is 0 Å². The lowest BCUT2D eigenvalue weighted by atomic mass is 9.82. The standard InChI is InChI=1S/C21H25NO6/c1-25-17-6-5-12-9-16-14-10-18(26-2)21(28-4)19(23)13(14)7-8-22(16,24)11-15(12)20(17)27-3/h5-6,10,16,23H,7-9,11H2,1-4H3/t16-,22?/m0/s1. The highest BCUT2D eigenvalue weighted by atomic mass is 16.6. The van der Waals surface area contributed by atoms with Crippen molar-refractivity contribution >= 4 is 0 Å². The molecule has 2 heterocycles. The molecule has 4 rings (SSSR count). The lowest BCUT2D eigenvalue weighted by molar-refractivity contribution is -0.928. The van der Waals surface area contributed by atoms with E-state index in [1.165, 1.54) is 14.2 Å². The second kappa shape index (κ2) is 6.76. The summed E-state index contributed by atoms with van der Waals surface area (Å²) in [5, 5.41) is 24.6. The summed E-state index contributed by atoms with van der Waals surface area (Å²) in [6.45, 7) is 0.676. The Morgan fingerprint density at radius 2 is 1.68 bits per heavy atom. The van der Waals surface area contributed by atoms with Gasteiger partial charge in [0.1, 0.15) is 12.6 Å². The normalized spacial score (nSPS) is 22.5. The smallest absolute Gasteiger partial charge is 0.203 e. The highest BCUT2D eigenvalue weighted by Gasteiger charge is 2.43. The molecule has 0 saturated heterocycles. The number of hydrogen-bond acceptors (Lipinski definition) is 6. The van der Waals surface area contributed by atoms with E-state index in [0.29, 0.717) is 48.9 Å². The summed E-state index contributed by atoms with van der Waals surface area (Å²) < 4.78 is 21.3. The average Bonchev–Trinajstić information content (AvgIpc) is 2.70. The van der Waals surface area contributed by atoms with E-state index in [1.54, 1.807) is 14.2 Å². The van der Waals surface area contributed by atoms with E-state index in [-0.39, 0.29) is 11.8 Å². The summed E-state index contributed by atoms with van der Waals surface area (Å²) in [4.78, 5) is 0. The summed E-state index contributed by atoms with van der Waals surface area (Å²) in [5.74, 6) is 2.08. The van der Waals surface area contributed by atoms with E-state index in [4.69, 9.17) is 18.9 Å². The second-order valence-electron chi connectivity index (χ2n) is 7.27. The van der Waals surface area contributed by atoms with Crippen LogP contribution in [-0.4, -0.2) is 44.7 Å². The Bertz CT molecular complexity index is 928. The minimum atomic E-state index is -0.390. The molecule has 2 aliphatic rings. The number of methoxy groups -OCH3 is 4. The monoisotopic (exact) mass is 387 g/mol. The number of fused-ring (bicyclic) bond motifs is 4. The lowest BCUT2D eigenvalue weighted by Gasteiger charge is -2.54. The van der Waals surface area contributed by atoms with E-state index in [9.17, 15) is 10.3 Å². The van der Waals surface area contributed by atoms with E-state index < -0.39 is 4.65 Å². The molecule has 0 bridgehead atoms. The van der Waals surface area contributed by atoms with Crippen molar-refractivity contribution in [1.82, 2.24) is 0 Å². The van der Waals surface area contributed by atoms with Crippen molar-refractivity contribution < 1.29 is 28.7 Å². The third-order valence-electron chi connectivity index (χ3n) is 6.04. The Morgan fingerprint density at radius 1 is 0.964 bits per heavy atom. The van der Waals surface area contributed by atoms with Crippen molar-refractivity contribution in [3.63, 3.8) is 0 Å².